The molecule has 0 saturated heterocycles. The van der Waals surface area contributed by atoms with E-state index in [1.165, 1.54) is 16.0 Å². The molecule has 0 aliphatic carbocycles. The van der Waals surface area contributed by atoms with Gasteiger partial charge in [0.1, 0.15) is 0 Å². The van der Waals surface area contributed by atoms with Crippen LogP contribution >= 0.6 is 0 Å². The Bertz CT molecular complexity index is 55.1. The van der Waals surface area contributed by atoms with E-state index in [0.717, 1.165) is 0 Å². The van der Waals surface area contributed by atoms with Crippen LogP contribution in [-0.2, 0) is 17.1 Å². The summed E-state index contributed by atoms with van der Waals surface area (Å²) in [5.41, 5.74) is 0. The van der Waals surface area contributed by atoms with Crippen LogP contribution in [0.2, 0.25) is 0 Å². The van der Waals surface area contributed by atoms with Gasteiger partial charge in [0.2, 0.25) is 0 Å². The molecule has 9 heavy (non-hydrogen) atoms. The zero-order valence-corrected chi connectivity index (χ0v) is 8.84. The Morgan fingerprint density at radius 1 is 1.33 bits per heavy atom. The predicted octanol–water partition coefficient (Wildman–Crippen LogP) is -2.64. The summed E-state index contributed by atoms with van der Waals surface area (Å²) in [5, 5.41) is 13.9. The fourth-order valence-electron chi connectivity index (χ4n) is 0. The molecule has 2 N–H and O–H groups in total. The molecule has 3 nitrogen and oxygen atoms in total. The van der Waals surface area contributed by atoms with E-state index in [0.29, 0.717) is 0 Å². The van der Waals surface area contributed by atoms with Crippen LogP contribution < -0.4 is 0 Å². The van der Waals surface area contributed by atoms with E-state index in [9.17, 15) is 0 Å². The molecule has 8 heteroatoms. The molecule has 0 aliphatic heterocycles. The number of carboxylic acid groups (broad SMARTS) is 2. The molecular formula is CH7CuGaInNaO3Se. The van der Waals surface area contributed by atoms with E-state index in [1.54, 1.807) is 0 Å². The van der Waals surface area contributed by atoms with Gasteiger partial charge in [0.05, 0.1) is 0 Å². The molecule has 0 aromatic carbocycles. The third-order valence-electron chi connectivity index (χ3n) is 0. The van der Waals surface area contributed by atoms with E-state index in [-0.39, 0.29) is 72.5 Å². The summed E-state index contributed by atoms with van der Waals surface area (Å²) in [4.78, 5) is 8.56. The Hall–Kier alpha value is 2.82. The van der Waals surface area contributed by atoms with Crippen molar-refractivity contribution in [2.75, 3.05) is 0 Å². The SMILES string of the molecule is O=C(O)O.[Cu].[GaH]=[Se].[InH3].[NaH]. The molecule has 0 heterocycles. The molecule has 0 unspecified atom stereocenters. The molecule has 0 spiro atoms. The Morgan fingerprint density at radius 3 is 1.33 bits per heavy atom. The number of hydrogen-bond donors (Lipinski definition) is 2. The van der Waals surface area contributed by atoms with Crippen molar-refractivity contribution in [3.05, 3.63) is 0 Å². The quantitative estimate of drug-likeness (QED) is 0.424. The minimum atomic E-state index is -1.83. The number of rotatable bonds is 0. The van der Waals surface area contributed by atoms with Crippen molar-refractivity contribution in [2.45, 2.75) is 0 Å². The summed E-state index contributed by atoms with van der Waals surface area (Å²) in [6.07, 6.45) is -1.83. The second-order valence-corrected chi connectivity index (χ2v) is 0.283. The molecule has 0 aromatic heterocycles. The van der Waals surface area contributed by atoms with Gasteiger partial charge in [-0.25, -0.2) is 4.79 Å². The van der Waals surface area contributed by atoms with Gasteiger partial charge in [-0.15, -0.1) is 0 Å². The Balaban J connectivity index is -0.00000000990. The molecule has 53 valence electrons. The van der Waals surface area contributed by atoms with Crippen molar-refractivity contribution in [3.8, 4) is 0 Å². The van der Waals surface area contributed by atoms with Crippen LogP contribution in [0, 0.1) is 0 Å². The summed E-state index contributed by atoms with van der Waals surface area (Å²) in [7, 11) is 0. The van der Waals surface area contributed by atoms with Crippen LogP contribution in [0.5, 0.6) is 0 Å². The van der Waals surface area contributed by atoms with Crippen LogP contribution in [0.1, 0.15) is 0 Å². The molecule has 0 rings (SSSR count). The maximum absolute atomic E-state index is 8.56. The van der Waals surface area contributed by atoms with E-state index in [1.807, 2.05) is 0 Å². The third-order valence-corrected chi connectivity index (χ3v) is 0. The van der Waals surface area contributed by atoms with Gasteiger partial charge in [0, 0.05) is 17.1 Å². The van der Waals surface area contributed by atoms with Gasteiger partial charge in [-0.3, -0.25) is 0 Å². The van der Waals surface area contributed by atoms with Crippen molar-refractivity contribution < 1.29 is 32.1 Å². The summed E-state index contributed by atoms with van der Waals surface area (Å²) >= 11 is 4.00. The topological polar surface area (TPSA) is 57.5 Å². The van der Waals surface area contributed by atoms with Gasteiger partial charge < -0.3 is 10.2 Å². The molecule has 0 atom stereocenters. The Kier molecular flexibility index (Phi) is 102. The Morgan fingerprint density at radius 2 is 1.33 bits per heavy atom. The predicted molar refractivity (Wildman–Crippen MR) is 40.6 cm³/mol. The second kappa shape index (κ2) is 30.8. The summed E-state index contributed by atoms with van der Waals surface area (Å²) in [6, 6.07) is 0. The summed E-state index contributed by atoms with van der Waals surface area (Å²) < 4.78 is 0. The van der Waals surface area contributed by atoms with Crippen molar-refractivity contribution >= 4 is 90.7 Å². The number of carbonyl (C=O) groups is 1. The fourth-order valence-corrected chi connectivity index (χ4v) is 0. The van der Waals surface area contributed by atoms with E-state index in [4.69, 9.17) is 15.0 Å². The molecule has 0 fully saturated rings. The normalized spacial score (nSPS) is 3.00. The monoisotopic (exact) mass is 417 g/mol. The van der Waals surface area contributed by atoms with E-state index in [2.05, 4.69) is 13.1 Å². The summed E-state index contributed by atoms with van der Waals surface area (Å²) in [5.74, 6) is 0. The zero-order chi connectivity index (χ0) is 5.58. The van der Waals surface area contributed by atoms with Gasteiger partial charge in [0.15, 0.2) is 0 Å². The maximum atomic E-state index is 8.56. The third kappa shape index (κ3) is 106. The Labute approximate surface area is 120 Å². The standard InChI is InChI=1S/CH2O3.Cu.Ga.In.Na.Se.5H/c2-1(3)4;;;;;;;;;;/h(H2,2,3,4);;;;;;;;;;. The minimum absolute atomic E-state index is 0. The number of hydrogen-bond acceptors (Lipinski definition) is 1. The van der Waals surface area contributed by atoms with Gasteiger partial charge >= 0.3 is 90.7 Å². The first-order chi connectivity index (χ1) is 2.73. The molecule has 0 bridgehead atoms. The first kappa shape index (κ1) is 29.8. The van der Waals surface area contributed by atoms with Crippen LogP contribution in [0.15, 0.2) is 0 Å². The van der Waals surface area contributed by atoms with Crippen LogP contribution in [0.4, 0.5) is 4.79 Å². The molecule has 0 aliphatic rings. The molecule has 0 amide bonds. The van der Waals surface area contributed by atoms with Crippen LogP contribution in [-0.4, -0.2) is 101 Å². The van der Waals surface area contributed by atoms with Gasteiger partial charge in [-0.05, 0) is 0 Å². The average molecular weight is 417 g/mol. The van der Waals surface area contributed by atoms with Crippen molar-refractivity contribution in [1.29, 1.82) is 0 Å². The zero-order valence-electron chi connectivity index (χ0n) is 3.22. The van der Waals surface area contributed by atoms with E-state index < -0.39 is 6.16 Å². The van der Waals surface area contributed by atoms with Gasteiger partial charge in [-0.2, -0.15) is 0 Å². The first-order valence-electron chi connectivity index (χ1n) is 0.940. The first-order valence-corrected chi connectivity index (χ1v) is 8.45. The molecule has 0 aromatic rings. The molecule has 1 radical (unpaired) electrons. The fraction of sp³-hybridized carbons (Fsp3) is 0. The van der Waals surface area contributed by atoms with E-state index >= 15 is 0 Å². The van der Waals surface area contributed by atoms with Crippen molar-refractivity contribution in [1.82, 2.24) is 0 Å². The van der Waals surface area contributed by atoms with Crippen LogP contribution in [0.25, 0.3) is 0 Å². The van der Waals surface area contributed by atoms with Gasteiger partial charge in [0.25, 0.3) is 0 Å². The van der Waals surface area contributed by atoms with Crippen molar-refractivity contribution in [2.24, 2.45) is 0 Å². The van der Waals surface area contributed by atoms with Gasteiger partial charge in [-0.1, -0.05) is 0 Å². The van der Waals surface area contributed by atoms with Crippen LogP contribution in [0.3, 0.4) is 0 Å². The summed E-state index contributed by atoms with van der Waals surface area (Å²) in [6.45, 7) is 0. The average Bonchev–Trinajstić information content (AvgIpc) is 1.41. The molecular weight excluding hydrogens is 410 g/mol. The molecule has 0 saturated carbocycles. The van der Waals surface area contributed by atoms with Crippen molar-refractivity contribution in [3.63, 3.8) is 0 Å². The second-order valence-electron chi connectivity index (χ2n) is 0.283.